The molecule has 5 aromatic rings. The maximum atomic E-state index is 12.0. The highest BCUT2D eigenvalue weighted by Crippen LogP contribution is 2.15. The van der Waals surface area contributed by atoms with E-state index in [-0.39, 0.29) is 18.4 Å². The molecule has 17 heteroatoms. The highest BCUT2D eigenvalue weighted by atomic mass is 32.2. The smallest absolute Gasteiger partial charge is 0.460 e. The lowest BCUT2D eigenvalue weighted by molar-refractivity contribution is -0.155. The molecule has 0 saturated carbocycles. The van der Waals surface area contributed by atoms with Gasteiger partial charge in [-0.15, -0.1) is 0 Å². The number of aryl methyl sites for hydroxylation is 1. The summed E-state index contributed by atoms with van der Waals surface area (Å²) in [5, 5.41) is 17.4. The lowest BCUT2D eigenvalue weighted by atomic mass is 10.1. The minimum absolute atomic E-state index is 0.207. The van der Waals surface area contributed by atoms with E-state index in [4.69, 9.17) is 53.6 Å². The molecular formula is C61H84N6O9S2. The Morgan fingerprint density at radius 2 is 0.897 bits per heavy atom. The molecule has 0 aliphatic rings. The van der Waals surface area contributed by atoms with Crippen LogP contribution in [0, 0.1) is 10.7 Å². The summed E-state index contributed by atoms with van der Waals surface area (Å²) in [5.74, 6) is 0.466. The molecule has 5 rings (SSSR count). The normalized spacial score (nSPS) is 10.7. The highest BCUT2D eigenvalue weighted by Gasteiger charge is 2.24. The minimum Gasteiger partial charge on any atom is -0.460 e. The molecule has 0 aliphatic carbocycles. The van der Waals surface area contributed by atoms with Gasteiger partial charge < -0.3 is 51.5 Å². The number of nitrogens with one attached hydrogen (secondary N) is 2. The van der Waals surface area contributed by atoms with Crippen LogP contribution in [0.25, 0.3) is 0 Å². The van der Waals surface area contributed by atoms with Gasteiger partial charge in [-0.1, -0.05) is 121 Å². The molecule has 0 heterocycles. The van der Waals surface area contributed by atoms with Gasteiger partial charge in [0.05, 0.1) is 12.8 Å². The first-order valence-electron chi connectivity index (χ1n) is 25.6. The molecule has 424 valence electrons. The van der Waals surface area contributed by atoms with Crippen LogP contribution in [-0.2, 0) is 78.6 Å². The van der Waals surface area contributed by atoms with Crippen molar-refractivity contribution in [3.05, 3.63) is 172 Å². The first-order chi connectivity index (χ1) is 36.5. The van der Waals surface area contributed by atoms with Crippen molar-refractivity contribution in [1.29, 1.82) is 5.26 Å². The fraction of sp³-hybridized carbons (Fsp3) is 0.410. The van der Waals surface area contributed by atoms with Crippen molar-refractivity contribution in [2.75, 3.05) is 18.0 Å². The summed E-state index contributed by atoms with van der Waals surface area (Å²) in [6.07, 6.45) is 0.358. The zero-order valence-electron chi connectivity index (χ0n) is 47.7. The van der Waals surface area contributed by atoms with Gasteiger partial charge in [-0.05, 0) is 171 Å². The number of nitrogens with zero attached hydrogens (tertiary/aromatic N) is 1. The van der Waals surface area contributed by atoms with E-state index in [0.29, 0.717) is 31.2 Å². The van der Waals surface area contributed by atoms with Crippen molar-refractivity contribution < 1.29 is 42.9 Å². The third-order valence-corrected chi connectivity index (χ3v) is 10.1. The fourth-order valence-corrected chi connectivity index (χ4v) is 6.81. The van der Waals surface area contributed by atoms with E-state index < -0.39 is 34.7 Å². The second kappa shape index (κ2) is 36.2. The monoisotopic (exact) mass is 1110 g/mol. The zero-order chi connectivity index (χ0) is 58.8. The molecule has 15 nitrogen and oxygen atoms in total. The van der Waals surface area contributed by atoms with E-state index >= 15 is 0 Å². The van der Waals surface area contributed by atoms with Gasteiger partial charge in [0.25, 0.3) is 0 Å². The number of thiocyanates is 1. The molecule has 0 aliphatic heterocycles. The van der Waals surface area contributed by atoms with Crippen LogP contribution in [-0.4, -0.2) is 64.1 Å². The van der Waals surface area contributed by atoms with Gasteiger partial charge in [0, 0.05) is 37.6 Å². The lowest BCUT2D eigenvalue weighted by Crippen LogP contribution is -2.35. The number of hydrogen-bond donors (Lipinski definition) is 5. The van der Waals surface area contributed by atoms with Crippen LogP contribution in [0.1, 0.15) is 122 Å². The quantitative estimate of drug-likeness (QED) is 0.0132. The van der Waals surface area contributed by atoms with Crippen LogP contribution in [0.4, 0.5) is 15.3 Å². The molecule has 0 atom stereocenters. The molecule has 0 unspecified atom stereocenters. The maximum Gasteiger partial charge on any atom is 0.519 e. The summed E-state index contributed by atoms with van der Waals surface area (Å²) in [4.78, 5) is 45.6. The van der Waals surface area contributed by atoms with Crippen LogP contribution in [0.2, 0.25) is 0 Å². The summed E-state index contributed by atoms with van der Waals surface area (Å²) in [5.41, 5.74) is 22.5. The van der Waals surface area contributed by atoms with E-state index in [2.05, 4.69) is 45.0 Å². The molecule has 0 spiro atoms. The molecule has 0 fully saturated rings. The van der Waals surface area contributed by atoms with Crippen LogP contribution in [0.5, 0.6) is 0 Å². The Balaban J connectivity index is 0.000000516. The zero-order valence-corrected chi connectivity index (χ0v) is 49.4. The Bertz CT molecular complexity index is 2580. The number of benzene rings is 5. The van der Waals surface area contributed by atoms with Gasteiger partial charge in [0.1, 0.15) is 27.8 Å². The van der Waals surface area contributed by atoms with E-state index in [9.17, 15) is 19.2 Å². The Morgan fingerprint density at radius 3 is 1.31 bits per heavy atom. The first-order valence-corrected chi connectivity index (χ1v) is 27.0. The van der Waals surface area contributed by atoms with E-state index in [1.165, 1.54) is 22.9 Å². The SMILES string of the molecule is CC(C)(C)OC(=O)Cc1cccc(CN)c1.CC(C)(C)OC(=O)Cc1cccc(CNC(=S)NCCc2ccccc2)c1.CC(C)(C)OC(=O)OC(=O)OC(C)(C)C.N#CSCCc1ccccc1.NCc1cccc(N)c1. The average Bonchev–Trinajstić information content (AvgIpc) is 3.32. The maximum absolute atomic E-state index is 12.0. The molecular weight excluding hydrogens is 1020 g/mol. The van der Waals surface area contributed by atoms with Crippen molar-refractivity contribution >= 4 is 59.0 Å². The van der Waals surface area contributed by atoms with Gasteiger partial charge in [0.2, 0.25) is 0 Å². The number of rotatable bonds is 14. The Labute approximate surface area is 473 Å². The van der Waals surface area contributed by atoms with Crippen molar-refractivity contribution in [3.8, 4) is 5.40 Å². The number of nitriles is 1. The third kappa shape index (κ3) is 38.6. The predicted octanol–water partition coefficient (Wildman–Crippen LogP) is 11.9. The number of carbonyl (C=O) groups is 4. The Hall–Kier alpha value is -6.97. The minimum atomic E-state index is -1.06. The lowest BCUT2D eigenvalue weighted by Gasteiger charge is -2.20. The summed E-state index contributed by atoms with van der Waals surface area (Å²) in [7, 11) is 0. The van der Waals surface area contributed by atoms with Crippen LogP contribution in [0.3, 0.4) is 0 Å². The summed E-state index contributed by atoms with van der Waals surface area (Å²) < 4.78 is 24.4. The van der Waals surface area contributed by atoms with E-state index in [0.717, 1.165) is 58.6 Å². The number of esters is 2. The summed E-state index contributed by atoms with van der Waals surface area (Å²) >= 11 is 6.64. The molecule has 0 bridgehead atoms. The first kappa shape index (κ1) is 69.0. The van der Waals surface area contributed by atoms with Crippen molar-refractivity contribution in [2.45, 2.75) is 151 Å². The standard InChI is InChI=1S/C22H28N2O2S.C13H19NO2.C10H18O5.C9H9NS.C7H10N2/c1-22(2,3)26-20(25)15-18-10-7-11-19(14-18)16-24-21(27)23-13-12-17-8-5-4-6-9-17;1-13(2,3)16-12(15)8-10-5-4-6-11(7-10)9-14;1-9(2,3)14-7(11)13-8(12)15-10(4,5)6;10-8-11-7-6-9-4-2-1-3-5-9;8-5-6-2-1-3-7(9)4-6/h4-11,14H,12-13,15-16H2,1-3H3,(H2,23,24,27);4-7H,8-9,14H2,1-3H3;1-6H3;1-5H,6-7H2;1-4H,5,8-9H2. The largest absolute Gasteiger partial charge is 0.519 e. The van der Waals surface area contributed by atoms with Crippen LogP contribution in [0.15, 0.2) is 133 Å². The van der Waals surface area contributed by atoms with Crippen molar-refractivity contribution in [1.82, 2.24) is 10.6 Å². The summed E-state index contributed by atoms with van der Waals surface area (Å²) in [6.45, 7) is 23.7. The number of thioether (sulfide) groups is 1. The topological polar surface area (TPSA) is 240 Å². The van der Waals surface area contributed by atoms with Crippen molar-refractivity contribution in [3.63, 3.8) is 0 Å². The number of anilines is 1. The van der Waals surface area contributed by atoms with E-state index in [1.807, 2.05) is 151 Å². The number of nitrogen functional groups attached to an aromatic ring is 1. The molecule has 8 N–H and O–H groups in total. The molecule has 0 radical (unpaired) electrons. The second-order valence-electron chi connectivity index (χ2n) is 21.4. The average molecular weight is 1110 g/mol. The van der Waals surface area contributed by atoms with Gasteiger partial charge in [-0.25, -0.2) is 9.59 Å². The van der Waals surface area contributed by atoms with Gasteiger partial charge >= 0.3 is 24.2 Å². The van der Waals surface area contributed by atoms with Gasteiger partial charge in [0.15, 0.2) is 5.11 Å². The predicted molar refractivity (Wildman–Crippen MR) is 318 cm³/mol. The fourth-order valence-electron chi connectivity index (χ4n) is 6.20. The number of nitrogens with two attached hydrogens (primary N) is 3. The van der Waals surface area contributed by atoms with Crippen LogP contribution >= 0.6 is 24.0 Å². The number of thiocarbonyl (C=S) groups is 1. The Kier molecular flexibility index (Phi) is 32.0. The highest BCUT2D eigenvalue weighted by molar-refractivity contribution is 8.03. The number of carbonyl (C=O) groups excluding carboxylic acids is 4. The number of ether oxygens (including phenoxy) is 5. The molecule has 5 aromatic carbocycles. The third-order valence-electron chi connectivity index (χ3n) is 9.28. The van der Waals surface area contributed by atoms with Crippen LogP contribution < -0.4 is 27.8 Å². The molecule has 0 aromatic heterocycles. The summed E-state index contributed by atoms with van der Waals surface area (Å²) in [6, 6.07) is 43.7. The number of hydrogen-bond acceptors (Lipinski definition) is 15. The van der Waals surface area contributed by atoms with E-state index in [1.54, 1.807) is 41.5 Å². The van der Waals surface area contributed by atoms with Gasteiger partial charge in [-0.2, -0.15) is 5.26 Å². The van der Waals surface area contributed by atoms with Crippen molar-refractivity contribution in [2.24, 2.45) is 11.5 Å². The molecule has 78 heavy (non-hydrogen) atoms. The molecule has 0 amide bonds. The van der Waals surface area contributed by atoms with Gasteiger partial charge in [-0.3, -0.25) is 9.59 Å². The molecule has 0 saturated heterocycles. The Morgan fingerprint density at radius 1 is 0.513 bits per heavy atom. The second-order valence-corrected chi connectivity index (χ2v) is 22.7.